The first-order valence-corrected chi connectivity index (χ1v) is 5.26. The van der Waals surface area contributed by atoms with Gasteiger partial charge in [-0.15, -0.1) is 0 Å². The molecule has 1 N–H and O–H groups in total. The van der Waals surface area contributed by atoms with Crippen molar-refractivity contribution in [2.75, 3.05) is 39.2 Å². The fourth-order valence-electron chi connectivity index (χ4n) is 1.36. The molecule has 4 heteroatoms. The van der Waals surface area contributed by atoms with E-state index in [4.69, 9.17) is 16.3 Å². The van der Waals surface area contributed by atoms with Crippen LogP contribution in [0.5, 0.6) is 5.75 Å². The number of anilines is 1. The predicted octanol–water partition coefficient (Wildman–Crippen LogP) is 2.00. The van der Waals surface area contributed by atoms with Crippen LogP contribution < -0.4 is 15.0 Å². The third kappa shape index (κ3) is 3.29. The van der Waals surface area contributed by atoms with Crippen molar-refractivity contribution in [3.8, 4) is 5.75 Å². The van der Waals surface area contributed by atoms with Crippen molar-refractivity contribution in [2.45, 2.75) is 0 Å². The molecule has 0 aliphatic carbocycles. The average Bonchev–Trinajstić information content (AvgIpc) is 2.25. The van der Waals surface area contributed by atoms with Crippen LogP contribution in [0.4, 0.5) is 5.69 Å². The van der Waals surface area contributed by atoms with Crippen molar-refractivity contribution in [3.63, 3.8) is 0 Å². The minimum atomic E-state index is 0.724. The Morgan fingerprint density at radius 3 is 2.80 bits per heavy atom. The Labute approximate surface area is 96.0 Å². The third-order valence-corrected chi connectivity index (χ3v) is 2.48. The highest BCUT2D eigenvalue weighted by Gasteiger charge is 2.07. The Hall–Kier alpha value is -0.930. The molecular formula is C11H17ClN2O. The van der Waals surface area contributed by atoms with Gasteiger partial charge in [0.1, 0.15) is 5.75 Å². The molecule has 0 aliphatic heterocycles. The van der Waals surface area contributed by atoms with Gasteiger partial charge < -0.3 is 15.0 Å². The molecule has 0 atom stereocenters. The predicted molar refractivity (Wildman–Crippen MR) is 65.2 cm³/mol. The molecule has 0 aromatic heterocycles. The van der Waals surface area contributed by atoms with Crippen LogP contribution in [0.2, 0.25) is 5.02 Å². The van der Waals surface area contributed by atoms with Gasteiger partial charge in [0.2, 0.25) is 0 Å². The SMILES string of the molecule is CNCCN(C)c1cc(Cl)ccc1OC. The fourth-order valence-corrected chi connectivity index (χ4v) is 1.53. The van der Waals surface area contributed by atoms with Crippen LogP contribution in [0.3, 0.4) is 0 Å². The van der Waals surface area contributed by atoms with Gasteiger partial charge in [0, 0.05) is 25.2 Å². The molecule has 15 heavy (non-hydrogen) atoms. The van der Waals surface area contributed by atoms with Crippen LogP contribution >= 0.6 is 11.6 Å². The van der Waals surface area contributed by atoms with Gasteiger partial charge in [-0.25, -0.2) is 0 Å². The van der Waals surface area contributed by atoms with E-state index in [1.807, 2.05) is 32.3 Å². The van der Waals surface area contributed by atoms with Crippen molar-refractivity contribution in [2.24, 2.45) is 0 Å². The number of nitrogens with one attached hydrogen (secondary N) is 1. The Kier molecular flexibility index (Phi) is 4.72. The molecule has 0 bridgehead atoms. The summed E-state index contributed by atoms with van der Waals surface area (Å²) in [6.45, 7) is 1.83. The number of nitrogens with zero attached hydrogens (tertiary/aromatic N) is 1. The number of benzene rings is 1. The smallest absolute Gasteiger partial charge is 0.142 e. The zero-order chi connectivity index (χ0) is 11.3. The summed E-state index contributed by atoms with van der Waals surface area (Å²) < 4.78 is 5.28. The summed E-state index contributed by atoms with van der Waals surface area (Å²) in [4.78, 5) is 2.11. The second-order valence-corrected chi connectivity index (χ2v) is 3.78. The van der Waals surface area contributed by atoms with Crippen LogP contribution in [0.25, 0.3) is 0 Å². The molecule has 0 fully saturated rings. The van der Waals surface area contributed by atoms with E-state index in [1.54, 1.807) is 7.11 Å². The number of likely N-dealkylation sites (N-methyl/N-ethyl adjacent to an activating group) is 2. The highest BCUT2D eigenvalue weighted by molar-refractivity contribution is 6.30. The lowest BCUT2D eigenvalue weighted by molar-refractivity contribution is 0.415. The van der Waals surface area contributed by atoms with Gasteiger partial charge >= 0.3 is 0 Å². The molecule has 1 aromatic carbocycles. The quantitative estimate of drug-likeness (QED) is 0.835. The highest BCUT2D eigenvalue weighted by Crippen LogP contribution is 2.30. The number of hydrogen-bond donors (Lipinski definition) is 1. The maximum atomic E-state index is 5.95. The van der Waals surface area contributed by atoms with Crippen molar-refractivity contribution in [1.29, 1.82) is 0 Å². The molecular weight excluding hydrogens is 212 g/mol. The second kappa shape index (κ2) is 5.83. The Morgan fingerprint density at radius 2 is 2.20 bits per heavy atom. The van der Waals surface area contributed by atoms with Gasteiger partial charge in [0.05, 0.1) is 12.8 Å². The van der Waals surface area contributed by atoms with Gasteiger partial charge in [0.25, 0.3) is 0 Å². The van der Waals surface area contributed by atoms with Crippen molar-refractivity contribution in [1.82, 2.24) is 5.32 Å². The van der Waals surface area contributed by atoms with Crippen LogP contribution in [0, 0.1) is 0 Å². The van der Waals surface area contributed by atoms with Gasteiger partial charge in [-0.05, 0) is 25.2 Å². The van der Waals surface area contributed by atoms with Gasteiger partial charge in [-0.2, -0.15) is 0 Å². The zero-order valence-electron chi connectivity index (χ0n) is 9.38. The second-order valence-electron chi connectivity index (χ2n) is 3.34. The summed E-state index contributed by atoms with van der Waals surface area (Å²) >= 11 is 5.95. The molecule has 0 saturated heterocycles. The van der Waals surface area contributed by atoms with E-state index in [0.29, 0.717) is 0 Å². The average molecular weight is 229 g/mol. The van der Waals surface area contributed by atoms with Gasteiger partial charge in [-0.1, -0.05) is 11.6 Å². The lowest BCUT2D eigenvalue weighted by atomic mass is 10.2. The van der Waals surface area contributed by atoms with Crippen LogP contribution in [0.15, 0.2) is 18.2 Å². The molecule has 1 aromatic rings. The topological polar surface area (TPSA) is 24.5 Å². The number of ether oxygens (including phenoxy) is 1. The summed E-state index contributed by atoms with van der Waals surface area (Å²) in [6.07, 6.45) is 0. The maximum Gasteiger partial charge on any atom is 0.142 e. The molecule has 0 saturated carbocycles. The standard InChI is InChI=1S/C11H17ClN2O/c1-13-6-7-14(2)10-8-9(12)4-5-11(10)15-3/h4-5,8,13H,6-7H2,1-3H3. The monoisotopic (exact) mass is 228 g/mol. The molecule has 1 rings (SSSR count). The van der Waals surface area contributed by atoms with E-state index in [0.717, 1.165) is 29.5 Å². The number of halogens is 1. The van der Waals surface area contributed by atoms with Crippen molar-refractivity contribution < 1.29 is 4.74 Å². The van der Waals surface area contributed by atoms with E-state index < -0.39 is 0 Å². The van der Waals surface area contributed by atoms with E-state index in [-0.39, 0.29) is 0 Å². The normalized spacial score (nSPS) is 10.1. The third-order valence-electron chi connectivity index (χ3n) is 2.25. The number of hydrogen-bond acceptors (Lipinski definition) is 3. The van der Waals surface area contributed by atoms with E-state index in [2.05, 4.69) is 10.2 Å². The molecule has 0 spiro atoms. The van der Waals surface area contributed by atoms with Crippen LogP contribution in [-0.2, 0) is 0 Å². The lowest BCUT2D eigenvalue weighted by Gasteiger charge is -2.21. The Morgan fingerprint density at radius 1 is 1.47 bits per heavy atom. The van der Waals surface area contributed by atoms with E-state index in [1.165, 1.54) is 0 Å². The zero-order valence-corrected chi connectivity index (χ0v) is 10.1. The van der Waals surface area contributed by atoms with Crippen molar-refractivity contribution in [3.05, 3.63) is 23.2 Å². The van der Waals surface area contributed by atoms with Crippen molar-refractivity contribution >= 4 is 17.3 Å². The first-order valence-electron chi connectivity index (χ1n) is 4.88. The minimum Gasteiger partial charge on any atom is -0.495 e. The summed E-state index contributed by atoms with van der Waals surface area (Å²) in [5, 5.41) is 3.83. The molecule has 0 unspecified atom stereocenters. The first kappa shape index (κ1) is 12.1. The summed E-state index contributed by atoms with van der Waals surface area (Å²) in [6, 6.07) is 5.62. The Balaban J connectivity index is 2.85. The fraction of sp³-hybridized carbons (Fsp3) is 0.455. The first-order chi connectivity index (χ1) is 7.19. The summed E-state index contributed by atoms with van der Waals surface area (Å²) in [5.74, 6) is 0.845. The Bertz CT molecular complexity index is 317. The largest absolute Gasteiger partial charge is 0.495 e. The van der Waals surface area contributed by atoms with E-state index >= 15 is 0 Å². The molecule has 0 radical (unpaired) electrons. The molecule has 0 amide bonds. The maximum absolute atomic E-state index is 5.95. The molecule has 0 aliphatic rings. The highest BCUT2D eigenvalue weighted by atomic mass is 35.5. The molecule has 0 heterocycles. The van der Waals surface area contributed by atoms with Gasteiger partial charge in [-0.3, -0.25) is 0 Å². The lowest BCUT2D eigenvalue weighted by Crippen LogP contribution is -2.27. The molecule has 3 nitrogen and oxygen atoms in total. The van der Waals surface area contributed by atoms with Crippen LogP contribution in [-0.4, -0.2) is 34.3 Å². The van der Waals surface area contributed by atoms with Crippen LogP contribution in [0.1, 0.15) is 0 Å². The summed E-state index contributed by atoms with van der Waals surface area (Å²) in [5.41, 5.74) is 1.01. The minimum absolute atomic E-state index is 0.724. The van der Waals surface area contributed by atoms with Gasteiger partial charge in [0.15, 0.2) is 0 Å². The number of methoxy groups -OCH3 is 1. The number of rotatable bonds is 5. The van der Waals surface area contributed by atoms with E-state index in [9.17, 15) is 0 Å². The molecule has 84 valence electrons. The summed E-state index contributed by atoms with van der Waals surface area (Å²) in [7, 11) is 5.62.